The number of aromatic amines is 1. The normalized spacial score (nSPS) is 10.2. The van der Waals surface area contributed by atoms with Gasteiger partial charge in [0, 0.05) is 24.9 Å². The van der Waals surface area contributed by atoms with Gasteiger partial charge in [0.1, 0.15) is 0 Å². The molecule has 0 atom stereocenters. The summed E-state index contributed by atoms with van der Waals surface area (Å²) in [6.07, 6.45) is 1.41. The van der Waals surface area contributed by atoms with Crippen molar-refractivity contribution in [2.75, 3.05) is 14.2 Å². The molecule has 0 unspecified atom stereocenters. The lowest BCUT2D eigenvalue weighted by Gasteiger charge is -2.15. The maximum atomic E-state index is 12.2. The maximum absolute atomic E-state index is 12.2. The highest BCUT2D eigenvalue weighted by Gasteiger charge is 2.17. The van der Waals surface area contributed by atoms with Gasteiger partial charge in [-0.1, -0.05) is 30.3 Å². The van der Waals surface area contributed by atoms with E-state index >= 15 is 0 Å². The smallest absolute Gasteiger partial charge is 0.279 e. The van der Waals surface area contributed by atoms with Gasteiger partial charge in [0.25, 0.3) is 5.91 Å². The molecule has 0 saturated carbocycles. The van der Waals surface area contributed by atoms with E-state index in [9.17, 15) is 9.59 Å². The molecule has 98 valence electrons. The first-order valence-corrected chi connectivity index (χ1v) is 5.74. The van der Waals surface area contributed by atoms with Crippen molar-refractivity contribution < 1.29 is 9.63 Å². The van der Waals surface area contributed by atoms with Crippen LogP contribution in [0, 0.1) is 0 Å². The third-order valence-electron chi connectivity index (χ3n) is 2.80. The number of carbonyl (C=O) groups is 1. The third kappa shape index (κ3) is 2.71. The van der Waals surface area contributed by atoms with E-state index in [-0.39, 0.29) is 11.5 Å². The molecule has 2 rings (SSSR count). The Hall–Kier alpha value is -2.40. The minimum Gasteiger partial charge on any atom is -0.328 e. The predicted octanol–water partition coefficient (Wildman–Crippen LogP) is 1.68. The second kappa shape index (κ2) is 5.49. The molecule has 5 nitrogen and oxygen atoms in total. The van der Waals surface area contributed by atoms with Crippen molar-refractivity contribution in [3.05, 3.63) is 58.5 Å². The Balaban J connectivity index is 2.57. The highest BCUT2D eigenvalue weighted by atomic mass is 16.7. The van der Waals surface area contributed by atoms with E-state index in [2.05, 4.69) is 4.98 Å². The van der Waals surface area contributed by atoms with Crippen LogP contribution in [0.4, 0.5) is 0 Å². The Labute approximate surface area is 110 Å². The van der Waals surface area contributed by atoms with Crippen LogP contribution in [-0.2, 0) is 4.84 Å². The summed E-state index contributed by atoms with van der Waals surface area (Å²) in [5, 5.41) is 1.11. The number of hydrogen-bond donors (Lipinski definition) is 1. The van der Waals surface area contributed by atoms with Crippen molar-refractivity contribution in [3.63, 3.8) is 0 Å². The van der Waals surface area contributed by atoms with Crippen LogP contribution in [0.1, 0.15) is 10.4 Å². The maximum Gasteiger partial charge on any atom is 0.279 e. The van der Waals surface area contributed by atoms with E-state index in [0.717, 1.165) is 10.6 Å². The molecule has 0 bridgehead atoms. The number of carbonyl (C=O) groups excluding carboxylic acids is 1. The molecule has 0 fully saturated rings. The number of hydroxylamine groups is 2. The van der Waals surface area contributed by atoms with Crippen molar-refractivity contribution in [2.24, 2.45) is 0 Å². The summed E-state index contributed by atoms with van der Waals surface area (Å²) in [5.41, 5.74) is 1.52. The molecule has 0 aliphatic carbocycles. The largest absolute Gasteiger partial charge is 0.328 e. The molecular weight excluding hydrogens is 244 g/mol. The molecule has 0 spiro atoms. The Morgan fingerprint density at radius 1 is 1.26 bits per heavy atom. The molecule has 2 aromatic rings. The van der Waals surface area contributed by atoms with Gasteiger partial charge >= 0.3 is 0 Å². The predicted molar refractivity (Wildman–Crippen MR) is 71.6 cm³/mol. The first-order valence-electron chi connectivity index (χ1n) is 5.74. The molecule has 0 radical (unpaired) electrons. The Morgan fingerprint density at radius 2 is 1.95 bits per heavy atom. The molecule has 1 N–H and O–H groups in total. The van der Waals surface area contributed by atoms with Crippen LogP contribution in [0.2, 0.25) is 0 Å². The topological polar surface area (TPSA) is 62.4 Å². The first kappa shape index (κ1) is 13.0. The van der Waals surface area contributed by atoms with Gasteiger partial charge in [0.05, 0.1) is 12.7 Å². The first-order chi connectivity index (χ1) is 9.13. The highest BCUT2D eigenvalue weighted by Crippen LogP contribution is 2.22. The lowest BCUT2D eigenvalue weighted by atomic mass is 10.0. The summed E-state index contributed by atoms with van der Waals surface area (Å²) in [7, 11) is 2.92. The average molecular weight is 258 g/mol. The standard InChI is InChI=1S/C14H14N2O3/c1-16(19-2)14(18)12-9-15-13(17)8-11(12)10-6-4-3-5-7-10/h3-9H,1-2H3,(H,15,17). The zero-order chi connectivity index (χ0) is 13.8. The second-order valence-electron chi connectivity index (χ2n) is 3.98. The van der Waals surface area contributed by atoms with Crippen LogP contribution in [-0.4, -0.2) is 30.1 Å². The molecular formula is C14H14N2O3. The van der Waals surface area contributed by atoms with Gasteiger partial charge in [0.2, 0.25) is 5.56 Å². The zero-order valence-corrected chi connectivity index (χ0v) is 10.7. The summed E-state index contributed by atoms with van der Waals surface area (Å²) < 4.78 is 0. The number of hydrogen-bond acceptors (Lipinski definition) is 3. The number of H-pyrrole nitrogens is 1. The number of nitrogens with zero attached hydrogens (tertiary/aromatic N) is 1. The van der Waals surface area contributed by atoms with Gasteiger partial charge in [-0.3, -0.25) is 14.4 Å². The van der Waals surface area contributed by atoms with E-state index < -0.39 is 0 Å². The minimum absolute atomic E-state index is 0.254. The fourth-order valence-corrected chi connectivity index (χ4v) is 1.76. The quantitative estimate of drug-likeness (QED) is 0.852. The van der Waals surface area contributed by atoms with Gasteiger partial charge in [-0.05, 0) is 5.56 Å². The molecule has 1 aromatic carbocycles. The monoisotopic (exact) mass is 258 g/mol. The van der Waals surface area contributed by atoms with Crippen LogP contribution in [0.3, 0.4) is 0 Å². The van der Waals surface area contributed by atoms with E-state index in [1.54, 1.807) is 0 Å². The lowest BCUT2D eigenvalue weighted by molar-refractivity contribution is -0.0756. The Bertz CT molecular complexity index is 635. The van der Waals surface area contributed by atoms with Gasteiger partial charge < -0.3 is 4.98 Å². The fourth-order valence-electron chi connectivity index (χ4n) is 1.76. The van der Waals surface area contributed by atoms with E-state index in [4.69, 9.17) is 4.84 Å². The van der Waals surface area contributed by atoms with Crippen molar-refractivity contribution in [1.82, 2.24) is 10.0 Å². The van der Waals surface area contributed by atoms with Gasteiger partial charge in [-0.15, -0.1) is 0 Å². The highest BCUT2D eigenvalue weighted by molar-refractivity contribution is 5.99. The molecule has 0 aliphatic rings. The molecule has 0 saturated heterocycles. The van der Waals surface area contributed by atoms with Crippen molar-refractivity contribution in [1.29, 1.82) is 0 Å². The van der Waals surface area contributed by atoms with Crippen molar-refractivity contribution >= 4 is 5.91 Å². The van der Waals surface area contributed by atoms with Crippen LogP contribution in [0.5, 0.6) is 0 Å². The molecule has 19 heavy (non-hydrogen) atoms. The average Bonchev–Trinajstić information content (AvgIpc) is 2.46. The number of benzene rings is 1. The summed E-state index contributed by atoms with van der Waals surface area (Å²) in [5.74, 6) is -0.322. The molecule has 1 amide bonds. The number of nitrogens with one attached hydrogen (secondary N) is 1. The summed E-state index contributed by atoms with van der Waals surface area (Å²) >= 11 is 0. The SMILES string of the molecule is CON(C)C(=O)c1c[nH]c(=O)cc1-c1ccccc1. The number of rotatable bonds is 3. The number of amides is 1. The second-order valence-corrected chi connectivity index (χ2v) is 3.98. The van der Waals surface area contributed by atoms with Crippen molar-refractivity contribution in [3.8, 4) is 11.1 Å². The summed E-state index contributed by atoms with van der Waals surface area (Å²) in [6, 6.07) is 10.7. The molecule has 0 aliphatic heterocycles. The Morgan fingerprint density at radius 3 is 2.58 bits per heavy atom. The summed E-state index contributed by atoms with van der Waals surface area (Å²) in [6.45, 7) is 0. The van der Waals surface area contributed by atoms with Gasteiger partial charge in [0.15, 0.2) is 0 Å². The number of aromatic nitrogens is 1. The van der Waals surface area contributed by atoms with Crippen LogP contribution >= 0.6 is 0 Å². The van der Waals surface area contributed by atoms with E-state index in [0.29, 0.717) is 11.1 Å². The Kier molecular flexibility index (Phi) is 3.77. The minimum atomic E-state index is -0.322. The lowest BCUT2D eigenvalue weighted by Crippen LogP contribution is -2.26. The zero-order valence-electron chi connectivity index (χ0n) is 10.7. The van der Waals surface area contributed by atoms with Gasteiger partial charge in [-0.2, -0.15) is 0 Å². The van der Waals surface area contributed by atoms with E-state index in [1.807, 2.05) is 30.3 Å². The van der Waals surface area contributed by atoms with Crippen LogP contribution < -0.4 is 5.56 Å². The van der Waals surface area contributed by atoms with Crippen LogP contribution in [0.25, 0.3) is 11.1 Å². The molecule has 5 heteroatoms. The number of pyridine rings is 1. The van der Waals surface area contributed by atoms with E-state index in [1.165, 1.54) is 26.4 Å². The third-order valence-corrected chi connectivity index (χ3v) is 2.80. The summed E-state index contributed by atoms with van der Waals surface area (Å²) in [4.78, 5) is 31.0. The fraction of sp³-hybridized carbons (Fsp3) is 0.143. The molecule has 1 heterocycles. The molecule has 1 aromatic heterocycles. The van der Waals surface area contributed by atoms with Crippen molar-refractivity contribution in [2.45, 2.75) is 0 Å². The van der Waals surface area contributed by atoms with Gasteiger partial charge in [-0.25, -0.2) is 5.06 Å². The van der Waals surface area contributed by atoms with Crippen LogP contribution in [0.15, 0.2) is 47.4 Å².